The van der Waals surface area contributed by atoms with Gasteiger partial charge in [0, 0.05) is 24.4 Å². The summed E-state index contributed by atoms with van der Waals surface area (Å²) < 4.78 is 0. The van der Waals surface area contributed by atoms with Crippen LogP contribution in [0.3, 0.4) is 0 Å². The van der Waals surface area contributed by atoms with E-state index in [0.717, 1.165) is 43.0 Å². The maximum absolute atomic E-state index is 13.5. The Morgan fingerprint density at radius 3 is 2.56 bits per heavy atom. The Labute approximate surface area is 195 Å². The molecule has 6 nitrogen and oxygen atoms in total. The van der Waals surface area contributed by atoms with Crippen molar-refractivity contribution in [3.63, 3.8) is 0 Å². The first-order valence-electron chi connectivity index (χ1n) is 11.7. The van der Waals surface area contributed by atoms with Gasteiger partial charge in [-0.05, 0) is 70.2 Å². The minimum atomic E-state index is -0.758. The van der Waals surface area contributed by atoms with Gasteiger partial charge in [-0.2, -0.15) is 0 Å². The average molecular weight is 455 g/mol. The first kappa shape index (κ1) is 22.9. The van der Waals surface area contributed by atoms with Crippen LogP contribution in [-0.4, -0.2) is 51.9 Å². The molecule has 4 rings (SSSR count). The highest BCUT2D eigenvalue weighted by Gasteiger charge is 2.54. The van der Waals surface area contributed by atoms with Crippen molar-refractivity contribution in [3.8, 4) is 0 Å². The summed E-state index contributed by atoms with van der Waals surface area (Å²) >= 11 is 1.59. The third kappa shape index (κ3) is 4.33. The molecule has 1 aromatic heterocycles. The SMILES string of the molecule is CCC1(C2CCN(Cc3ccc(C)cc3C)CC2)NC(=O)N(CCc2scnc2C)C1=O. The molecule has 0 bridgehead atoms. The molecule has 2 aromatic rings. The van der Waals surface area contributed by atoms with Gasteiger partial charge in [-0.3, -0.25) is 14.6 Å². The van der Waals surface area contributed by atoms with Gasteiger partial charge in [0.1, 0.15) is 5.54 Å². The summed E-state index contributed by atoms with van der Waals surface area (Å²) in [5.41, 5.74) is 6.04. The number of thiazole rings is 1. The van der Waals surface area contributed by atoms with E-state index >= 15 is 0 Å². The average Bonchev–Trinajstić information content (AvgIpc) is 3.29. The molecule has 2 aliphatic heterocycles. The molecule has 2 saturated heterocycles. The number of hydrogen-bond donors (Lipinski definition) is 1. The molecule has 0 aliphatic carbocycles. The summed E-state index contributed by atoms with van der Waals surface area (Å²) in [4.78, 5) is 35.6. The first-order valence-corrected chi connectivity index (χ1v) is 12.5. The number of aromatic nitrogens is 1. The lowest BCUT2D eigenvalue weighted by Crippen LogP contribution is -2.55. The molecule has 2 aliphatic rings. The van der Waals surface area contributed by atoms with Crippen molar-refractivity contribution >= 4 is 23.3 Å². The fraction of sp³-hybridized carbons (Fsp3) is 0.560. The van der Waals surface area contributed by atoms with Crippen molar-refractivity contribution in [2.24, 2.45) is 5.92 Å². The first-order chi connectivity index (χ1) is 15.3. The van der Waals surface area contributed by atoms with Crippen molar-refractivity contribution in [1.82, 2.24) is 20.1 Å². The van der Waals surface area contributed by atoms with Gasteiger partial charge in [0.05, 0.1) is 11.2 Å². The summed E-state index contributed by atoms with van der Waals surface area (Å²) in [6, 6.07) is 6.41. The van der Waals surface area contributed by atoms with Crippen molar-refractivity contribution in [2.75, 3.05) is 19.6 Å². The van der Waals surface area contributed by atoms with Crippen molar-refractivity contribution < 1.29 is 9.59 Å². The second-order valence-corrected chi connectivity index (χ2v) is 10.2. The molecule has 3 heterocycles. The summed E-state index contributed by atoms with van der Waals surface area (Å²) in [5.74, 6) is 0.134. The van der Waals surface area contributed by atoms with E-state index in [2.05, 4.69) is 47.2 Å². The van der Waals surface area contributed by atoms with Crippen LogP contribution >= 0.6 is 11.3 Å². The highest BCUT2D eigenvalue weighted by atomic mass is 32.1. The number of imide groups is 1. The second kappa shape index (κ2) is 9.32. The number of nitrogens with zero attached hydrogens (tertiary/aromatic N) is 3. The van der Waals surface area contributed by atoms with Crippen LogP contribution < -0.4 is 5.32 Å². The van der Waals surface area contributed by atoms with Gasteiger partial charge in [0.2, 0.25) is 0 Å². The number of nitrogens with one attached hydrogen (secondary N) is 1. The van der Waals surface area contributed by atoms with Gasteiger partial charge in [0.25, 0.3) is 5.91 Å². The lowest BCUT2D eigenvalue weighted by Gasteiger charge is -2.40. The molecular weight excluding hydrogens is 420 g/mol. The number of carbonyl (C=O) groups excluding carboxylic acids is 2. The topological polar surface area (TPSA) is 65.5 Å². The van der Waals surface area contributed by atoms with E-state index in [9.17, 15) is 9.59 Å². The zero-order valence-corrected chi connectivity index (χ0v) is 20.4. The van der Waals surface area contributed by atoms with Crippen molar-refractivity contribution in [2.45, 2.75) is 65.5 Å². The predicted octanol–water partition coefficient (Wildman–Crippen LogP) is 4.22. The Hall–Kier alpha value is -2.25. The fourth-order valence-corrected chi connectivity index (χ4v) is 6.05. The Balaban J connectivity index is 1.39. The van der Waals surface area contributed by atoms with Crippen LogP contribution in [0.5, 0.6) is 0 Å². The van der Waals surface area contributed by atoms with Crippen molar-refractivity contribution in [1.29, 1.82) is 0 Å². The molecule has 1 aromatic carbocycles. The molecule has 0 spiro atoms. The molecule has 3 amide bonds. The summed E-state index contributed by atoms with van der Waals surface area (Å²) in [6.45, 7) is 11.6. The number of hydrogen-bond acceptors (Lipinski definition) is 5. The Morgan fingerprint density at radius 1 is 1.19 bits per heavy atom. The quantitative estimate of drug-likeness (QED) is 0.636. The predicted molar refractivity (Wildman–Crippen MR) is 128 cm³/mol. The molecule has 1 N–H and O–H groups in total. The largest absolute Gasteiger partial charge is 0.325 e. The fourth-order valence-electron chi connectivity index (χ4n) is 5.28. The van der Waals surface area contributed by atoms with Crippen LogP contribution in [0.4, 0.5) is 4.79 Å². The van der Waals surface area contributed by atoms with Gasteiger partial charge >= 0.3 is 6.03 Å². The lowest BCUT2D eigenvalue weighted by molar-refractivity contribution is -0.134. The van der Waals surface area contributed by atoms with Crippen LogP contribution in [0.15, 0.2) is 23.7 Å². The monoisotopic (exact) mass is 454 g/mol. The van der Waals surface area contributed by atoms with Gasteiger partial charge in [0.15, 0.2) is 0 Å². The zero-order chi connectivity index (χ0) is 22.9. The smallest absolute Gasteiger partial charge is 0.323 e. The molecule has 1 atom stereocenters. The van der Waals surface area contributed by atoms with Crippen LogP contribution in [0.1, 0.15) is 53.4 Å². The van der Waals surface area contributed by atoms with Gasteiger partial charge < -0.3 is 5.32 Å². The van der Waals surface area contributed by atoms with Crippen LogP contribution in [0.2, 0.25) is 0 Å². The number of urea groups is 1. The van der Waals surface area contributed by atoms with E-state index in [1.807, 2.05) is 19.4 Å². The molecule has 2 fully saturated rings. The third-order valence-corrected chi connectivity index (χ3v) is 8.34. The standard InChI is InChI=1S/C25H34N4O2S/c1-5-25(23(30)29(24(31)27-25)13-10-22-19(4)26-16-32-22)21-8-11-28(12-9-21)15-20-7-6-17(2)14-18(20)3/h6-7,14,16,21H,5,8-13,15H2,1-4H3,(H,27,31). The van der Waals surface area contributed by atoms with Crippen LogP contribution in [0, 0.1) is 26.7 Å². The summed E-state index contributed by atoms with van der Waals surface area (Å²) in [7, 11) is 0. The van der Waals surface area contributed by atoms with Crippen LogP contribution in [0.25, 0.3) is 0 Å². The number of piperidine rings is 1. The number of aryl methyl sites for hydroxylation is 3. The number of benzene rings is 1. The van der Waals surface area contributed by atoms with E-state index < -0.39 is 5.54 Å². The number of carbonyl (C=O) groups is 2. The molecule has 32 heavy (non-hydrogen) atoms. The highest BCUT2D eigenvalue weighted by molar-refractivity contribution is 7.09. The minimum Gasteiger partial charge on any atom is -0.323 e. The number of rotatable bonds is 7. The maximum Gasteiger partial charge on any atom is 0.325 e. The van der Waals surface area contributed by atoms with E-state index in [4.69, 9.17) is 0 Å². The number of likely N-dealkylation sites (tertiary alicyclic amines) is 1. The molecule has 7 heteroatoms. The third-order valence-electron chi connectivity index (χ3n) is 7.34. The zero-order valence-electron chi connectivity index (χ0n) is 19.6. The van der Waals surface area contributed by atoms with Crippen molar-refractivity contribution in [3.05, 3.63) is 51.0 Å². The molecular formula is C25H34N4O2S. The second-order valence-electron chi connectivity index (χ2n) is 9.30. The van der Waals surface area contributed by atoms with E-state index in [1.54, 1.807) is 11.3 Å². The van der Waals surface area contributed by atoms with Crippen LogP contribution in [-0.2, 0) is 17.8 Å². The molecule has 0 radical (unpaired) electrons. The Morgan fingerprint density at radius 2 is 1.94 bits per heavy atom. The minimum absolute atomic E-state index is 0.0417. The van der Waals surface area contributed by atoms with E-state index in [-0.39, 0.29) is 17.9 Å². The lowest BCUT2D eigenvalue weighted by atomic mass is 9.75. The molecule has 0 saturated carbocycles. The molecule has 172 valence electrons. The summed E-state index contributed by atoms with van der Waals surface area (Å²) in [5, 5.41) is 3.12. The van der Waals surface area contributed by atoms with E-state index in [1.165, 1.54) is 21.6 Å². The maximum atomic E-state index is 13.5. The Kier molecular flexibility index (Phi) is 6.67. The summed E-state index contributed by atoms with van der Waals surface area (Å²) in [6.07, 6.45) is 3.15. The van der Waals surface area contributed by atoms with E-state index in [0.29, 0.717) is 19.4 Å². The normalized spacial score (nSPS) is 22.6. The Bertz CT molecular complexity index is 996. The van der Waals surface area contributed by atoms with Gasteiger partial charge in [-0.15, -0.1) is 11.3 Å². The molecule has 1 unspecified atom stereocenters. The number of amides is 3. The van der Waals surface area contributed by atoms with Gasteiger partial charge in [-0.25, -0.2) is 9.78 Å². The van der Waals surface area contributed by atoms with Gasteiger partial charge in [-0.1, -0.05) is 30.7 Å². The highest BCUT2D eigenvalue weighted by Crippen LogP contribution is 2.36.